The van der Waals surface area contributed by atoms with Crippen molar-refractivity contribution in [2.45, 2.75) is 25.8 Å². The Morgan fingerprint density at radius 1 is 1.39 bits per heavy atom. The second-order valence-electron chi connectivity index (χ2n) is 4.40. The van der Waals surface area contributed by atoms with Gasteiger partial charge in [-0.3, -0.25) is 4.98 Å². The van der Waals surface area contributed by atoms with Gasteiger partial charge in [-0.15, -0.1) is 0 Å². The molecule has 2 aromatic rings. The lowest BCUT2D eigenvalue weighted by Crippen LogP contribution is -2.19. The number of hydrogen-bond donors (Lipinski definition) is 3. The standard InChI is InChI=1S/C14H19N3O/c1-2-11(6-8-18)17-13-5-7-16-14-9-10(15)3-4-12(13)14/h3-5,7,9,11,18H,2,6,8,15H2,1H3,(H,16,17). The minimum Gasteiger partial charge on any atom is -0.399 e. The average molecular weight is 245 g/mol. The van der Waals surface area contributed by atoms with Gasteiger partial charge >= 0.3 is 0 Å². The summed E-state index contributed by atoms with van der Waals surface area (Å²) >= 11 is 0. The quantitative estimate of drug-likeness (QED) is 0.707. The number of benzene rings is 1. The molecule has 0 bridgehead atoms. The average Bonchev–Trinajstić information content (AvgIpc) is 2.38. The molecule has 2 rings (SSSR count). The van der Waals surface area contributed by atoms with Gasteiger partial charge in [0.1, 0.15) is 0 Å². The van der Waals surface area contributed by atoms with Gasteiger partial charge in [0.25, 0.3) is 0 Å². The Kier molecular flexibility index (Phi) is 3.99. The Morgan fingerprint density at radius 3 is 2.94 bits per heavy atom. The molecular weight excluding hydrogens is 226 g/mol. The lowest BCUT2D eigenvalue weighted by atomic mass is 10.1. The molecule has 1 aromatic heterocycles. The van der Waals surface area contributed by atoms with Gasteiger partial charge in [0.05, 0.1) is 5.52 Å². The maximum Gasteiger partial charge on any atom is 0.0743 e. The number of nitrogens with one attached hydrogen (secondary N) is 1. The summed E-state index contributed by atoms with van der Waals surface area (Å²) in [6.07, 6.45) is 3.49. The molecule has 0 aliphatic rings. The number of aliphatic hydroxyl groups excluding tert-OH is 1. The third kappa shape index (κ3) is 2.71. The molecule has 0 aliphatic heterocycles. The third-order valence-corrected chi connectivity index (χ3v) is 3.10. The highest BCUT2D eigenvalue weighted by Crippen LogP contribution is 2.24. The van der Waals surface area contributed by atoms with E-state index in [1.54, 1.807) is 6.20 Å². The summed E-state index contributed by atoms with van der Waals surface area (Å²) in [6, 6.07) is 7.96. The van der Waals surface area contributed by atoms with Crippen LogP contribution < -0.4 is 11.1 Å². The number of nitrogen functional groups attached to an aromatic ring is 1. The molecule has 4 nitrogen and oxygen atoms in total. The van der Waals surface area contributed by atoms with Crippen molar-refractivity contribution in [3.63, 3.8) is 0 Å². The molecule has 96 valence electrons. The molecule has 4 N–H and O–H groups in total. The highest BCUT2D eigenvalue weighted by atomic mass is 16.3. The molecule has 1 unspecified atom stereocenters. The van der Waals surface area contributed by atoms with Gasteiger partial charge in [-0.1, -0.05) is 6.92 Å². The SMILES string of the molecule is CCC(CCO)Nc1ccnc2cc(N)ccc12. The molecule has 0 fully saturated rings. The van der Waals surface area contributed by atoms with Crippen LogP contribution in [0, 0.1) is 0 Å². The van der Waals surface area contributed by atoms with Crippen LogP contribution in [0.15, 0.2) is 30.5 Å². The summed E-state index contributed by atoms with van der Waals surface area (Å²) in [4.78, 5) is 4.31. The first-order valence-corrected chi connectivity index (χ1v) is 6.26. The van der Waals surface area contributed by atoms with E-state index < -0.39 is 0 Å². The molecule has 1 aromatic carbocycles. The van der Waals surface area contributed by atoms with Crippen LogP contribution in [-0.4, -0.2) is 22.7 Å². The molecule has 1 atom stereocenters. The third-order valence-electron chi connectivity index (χ3n) is 3.10. The first-order valence-electron chi connectivity index (χ1n) is 6.26. The van der Waals surface area contributed by atoms with E-state index in [1.807, 2.05) is 24.3 Å². The molecule has 0 radical (unpaired) electrons. The van der Waals surface area contributed by atoms with Crippen molar-refractivity contribution in [1.29, 1.82) is 0 Å². The number of aliphatic hydroxyl groups is 1. The number of rotatable bonds is 5. The lowest BCUT2D eigenvalue weighted by molar-refractivity contribution is 0.278. The minimum absolute atomic E-state index is 0.196. The highest BCUT2D eigenvalue weighted by molar-refractivity contribution is 5.92. The van der Waals surface area contributed by atoms with E-state index in [0.717, 1.165) is 35.1 Å². The van der Waals surface area contributed by atoms with Crippen LogP contribution in [0.3, 0.4) is 0 Å². The van der Waals surface area contributed by atoms with E-state index >= 15 is 0 Å². The Bertz CT molecular complexity index is 527. The van der Waals surface area contributed by atoms with Crippen LogP contribution in [0.4, 0.5) is 11.4 Å². The van der Waals surface area contributed by atoms with Crippen LogP contribution in [0.5, 0.6) is 0 Å². The summed E-state index contributed by atoms with van der Waals surface area (Å²) in [6.45, 7) is 2.30. The maximum absolute atomic E-state index is 9.03. The van der Waals surface area contributed by atoms with E-state index in [2.05, 4.69) is 17.2 Å². The Labute approximate surface area is 107 Å². The van der Waals surface area contributed by atoms with E-state index in [1.165, 1.54) is 0 Å². The maximum atomic E-state index is 9.03. The van der Waals surface area contributed by atoms with Crippen molar-refractivity contribution in [2.24, 2.45) is 0 Å². The lowest BCUT2D eigenvalue weighted by Gasteiger charge is -2.18. The molecule has 0 aliphatic carbocycles. The zero-order valence-electron chi connectivity index (χ0n) is 10.6. The van der Waals surface area contributed by atoms with Gasteiger partial charge in [0.2, 0.25) is 0 Å². The minimum atomic E-state index is 0.196. The van der Waals surface area contributed by atoms with E-state index in [9.17, 15) is 0 Å². The molecule has 0 amide bonds. The Morgan fingerprint density at radius 2 is 2.22 bits per heavy atom. The fourth-order valence-electron chi connectivity index (χ4n) is 2.05. The van der Waals surface area contributed by atoms with Gasteiger partial charge < -0.3 is 16.2 Å². The second kappa shape index (κ2) is 5.69. The number of hydrogen-bond acceptors (Lipinski definition) is 4. The summed E-state index contributed by atoms with van der Waals surface area (Å²) < 4.78 is 0. The monoisotopic (exact) mass is 245 g/mol. The normalized spacial score (nSPS) is 12.6. The van der Waals surface area contributed by atoms with E-state index in [0.29, 0.717) is 0 Å². The van der Waals surface area contributed by atoms with Gasteiger partial charge in [-0.2, -0.15) is 0 Å². The van der Waals surface area contributed by atoms with Crippen molar-refractivity contribution in [2.75, 3.05) is 17.7 Å². The highest BCUT2D eigenvalue weighted by Gasteiger charge is 2.08. The number of nitrogens with two attached hydrogens (primary N) is 1. The predicted octanol–water partition coefficient (Wildman–Crippen LogP) is 2.39. The second-order valence-corrected chi connectivity index (χ2v) is 4.40. The number of aromatic nitrogens is 1. The first-order chi connectivity index (χ1) is 8.74. The topological polar surface area (TPSA) is 71.2 Å². The van der Waals surface area contributed by atoms with Crippen LogP contribution in [0.2, 0.25) is 0 Å². The van der Waals surface area contributed by atoms with E-state index in [4.69, 9.17) is 10.8 Å². The van der Waals surface area contributed by atoms with E-state index in [-0.39, 0.29) is 12.6 Å². The fraction of sp³-hybridized carbons (Fsp3) is 0.357. The number of pyridine rings is 1. The zero-order valence-corrected chi connectivity index (χ0v) is 10.6. The Balaban J connectivity index is 2.32. The molecular formula is C14H19N3O. The van der Waals surface area contributed by atoms with Crippen LogP contribution in [-0.2, 0) is 0 Å². The molecule has 0 saturated heterocycles. The van der Waals surface area contributed by atoms with Gasteiger partial charge in [-0.05, 0) is 37.1 Å². The van der Waals surface area contributed by atoms with Gasteiger partial charge in [0, 0.05) is 35.6 Å². The molecule has 18 heavy (non-hydrogen) atoms. The predicted molar refractivity (Wildman–Crippen MR) is 75.6 cm³/mol. The van der Waals surface area contributed by atoms with Gasteiger partial charge in [-0.25, -0.2) is 0 Å². The fourth-order valence-corrected chi connectivity index (χ4v) is 2.05. The molecule has 0 spiro atoms. The summed E-state index contributed by atoms with van der Waals surface area (Å²) in [7, 11) is 0. The summed E-state index contributed by atoms with van der Waals surface area (Å²) in [5, 5.41) is 13.5. The smallest absolute Gasteiger partial charge is 0.0743 e. The molecule has 0 saturated carbocycles. The van der Waals surface area contributed by atoms with Crippen molar-refractivity contribution < 1.29 is 5.11 Å². The summed E-state index contributed by atoms with van der Waals surface area (Å²) in [5.74, 6) is 0. The summed E-state index contributed by atoms with van der Waals surface area (Å²) in [5.41, 5.74) is 8.40. The van der Waals surface area contributed by atoms with Crippen molar-refractivity contribution in [3.8, 4) is 0 Å². The van der Waals surface area contributed by atoms with Crippen LogP contribution in [0.25, 0.3) is 10.9 Å². The zero-order chi connectivity index (χ0) is 13.0. The van der Waals surface area contributed by atoms with Crippen LogP contribution >= 0.6 is 0 Å². The number of anilines is 2. The van der Waals surface area contributed by atoms with Crippen LogP contribution in [0.1, 0.15) is 19.8 Å². The first kappa shape index (κ1) is 12.6. The molecule has 4 heteroatoms. The van der Waals surface area contributed by atoms with Crippen molar-refractivity contribution >= 4 is 22.3 Å². The largest absolute Gasteiger partial charge is 0.399 e. The van der Waals surface area contributed by atoms with Crippen molar-refractivity contribution in [1.82, 2.24) is 4.98 Å². The Hall–Kier alpha value is -1.81. The van der Waals surface area contributed by atoms with Gasteiger partial charge in [0.15, 0.2) is 0 Å². The van der Waals surface area contributed by atoms with Crippen molar-refractivity contribution in [3.05, 3.63) is 30.5 Å². The number of nitrogens with zero attached hydrogens (tertiary/aromatic N) is 1. The number of fused-ring (bicyclic) bond motifs is 1. The molecule has 1 heterocycles.